The van der Waals surface area contributed by atoms with E-state index in [9.17, 15) is 9.59 Å². The van der Waals surface area contributed by atoms with E-state index < -0.39 is 5.97 Å². The molecule has 0 aliphatic heterocycles. The topological polar surface area (TPSA) is 96.9 Å². The molecule has 7 heteroatoms. The predicted molar refractivity (Wildman–Crippen MR) is 138 cm³/mol. The molecule has 2 aromatic carbocycles. The van der Waals surface area contributed by atoms with Crippen LogP contribution < -0.4 is 15.4 Å². The monoisotopic (exact) mass is 482 g/mol. The molecule has 0 saturated heterocycles. The van der Waals surface area contributed by atoms with Gasteiger partial charge in [0.1, 0.15) is 12.4 Å². The van der Waals surface area contributed by atoms with Crippen molar-refractivity contribution in [1.29, 1.82) is 0 Å². The SMILES string of the molecule is COc1cc(NCc2ccc(C(=O)O)cc2)c(C)cc1NC(=O)COC1CCCC(C)C1C(C)C. The first-order chi connectivity index (χ1) is 16.7. The molecule has 0 radical (unpaired) electrons. The van der Waals surface area contributed by atoms with Gasteiger partial charge in [0, 0.05) is 18.3 Å². The zero-order chi connectivity index (χ0) is 25.5. The van der Waals surface area contributed by atoms with E-state index in [0.29, 0.717) is 35.7 Å². The van der Waals surface area contributed by atoms with Gasteiger partial charge in [0.05, 0.1) is 24.5 Å². The number of amides is 1. The minimum Gasteiger partial charge on any atom is -0.494 e. The van der Waals surface area contributed by atoms with E-state index >= 15 is 0 Å². The molecule has 1 amide bonds. The molecule has 3 unspecified atom stereocenters. The highest BCUT2D eigenvalue weighted by Gasteiger charge is 2.33. The molecule has 3 atom stereocenters. The Hall–Kier alpha value is -3.06. The van der Waals surface area contributed by atoms with Gasteiger partial charge in [-0.2, -0.15) is 0 Å². The summed E-state index contributed by atoms with van der Waals surface area (Å²) in [6.45, 7) is 9.26. The van der Waals surface area contributed by atoms with E-state index in [-0.39, 0.29) is 24.2 Å². The highest BCUT2D eigenvalue weighted by molar-refractivity contribution is 5.94. The van der Waals surface area contributed by atoms with Gasteiger partial charge >= 0.3 is 5.97 Å². The molecule has 0 spiro atoms. The van der Waals surface area contributed by atoms with Crippen molar-refractivity contribution >= 4 is 23.3 Å². The Morgan fingerprint density at radius 3 is 2.46 bits per heavy atom. The molecule has 1 saturated carbocycles. The summed E-state index contributed by atoms with van der Waals surface area (Å²) in [4.78, 5) is 23.7. The van der Waals surface area contributed by atoms with Crippen LogP contribution in [0.15, 0.2) is 36.4 Å². The zero-order valence-electron chi connectivity index (χ0n) is 21.4. The van der Waals surface area contributed by atoms with Crippen molar-refractivity contribution < 1.29 is 24.2 Å². The highest BCUT2D eigenvalue weighted by atomic mass is 16.5. The van der Waals surface area contributed by atoms with E-state index in [1.165, 1.54) is 6.42 Å². The van der Waals surface area contributed by atoms with Crippen LogP contribution in [0.2, 0.25) is 0 Å². The number of nitrogens with one attached hydrogen (secondary N) is 2. The Morgan fingerprint density at radius 1 is 1.11 bits per heavy atom. The summed E-state index contributed by atoms with van der Waals surface area (Å²) in [6, 6.07) is 10.5. The maximum atomic E-state index is 12.7. The molecule has 1 fully saturated rings. The van der Waals surface area contributed by atoms with E-state index in [2.05, 4.69) is 31.4 Å². The molecule has 2 aromatic rings. The summed E-state index contributed by atoms with van der Waals surface area (Å²) < 4.78 is 11.6. The van der Waals surface area contributed by atoms with Gasteiger partial charge < -0.3 is 25.2 Å². The molecular formula is C28H38N2O5. The fraction of sp³-hybridized carbons (Fsp3) is 0.500. The molecular weight excluding hydrogens is 444 g/mol. The van der Waals surface area contributed by atoms with Crippen LogP contribution in [0.3, 0.4) is 0 Å². The van der Waals surface area contributed by atoms with Gasteiger partial charge in [0.15, 0.2) is 0 Å². The first kappa shape index (κ1) is 26.5. The Labute approximate surface area is 208 Å². The van der Waals surface area contributed by atoms with Crippen LogP contribution in [0.4, 0.5) is 11.4 Å². The first-order valence-corrected chi connectivity index (χ1v) is 12.4. The normalized spacial score (nSPS) is 19.9. The summed E-state index contributed by atoms with van der Waals surface area (Å²) in [7, 11) is 1.57. The number of carbonyl (C=O) groups excluding carboxylic acids is 1. The number of carboxylic acids is 1. The van der Waals surface area contributed by atoms with E-state index in [0.717, 1.165) is 29.7 Å². The molecule has 1 aliphatic carbocycles. The largest absolute Gasteiger partial charge is 0.494 e. The number of ether oxygens (including phenoxy) is 2. The van der Waals surface area contributed by atoms with Crippen LogP contribution >= 0.6 is 0 Å². The maximum absolute atomic E-state index is 12.7. The average molecular weight is 483 g/mol. The third kappa shape index (κ3) is 6.98. The second-order valence-corrected chi connectivity index (χ2v) is 9.85. The Kier molecular flexibility index (Phi) is 9.15. The van der Waals surface area contributed by atoms with Gasteiger partial charge in [-0.05, 0) is 60.4 Å². The van der Waals surface area contributed by atoms with Gasteiger partial charge in [-0.3, -0.25) is 4.79 Å². The van der Waals surface area contributed by atoms with Crippen molar-refractivity contribution in [3.63, 3.8) is 0 Å². The lowest BCUT2D eigenvalue weighted by Crippen LogP contribution is -2.38. The van der Waals surface area contributed by atoms with Crippen LogP contribution in [-0.4, -0.2) is 36.8 Å². The Bertz CT molecular complexity index is 1020. The van der Waals surface area contributed by atoms with Gasteiger partial charge in [-0.1, -0.05) is 45.7 Å². The minimum atomic E-state index is -0.943. The molecule has 0 aromatic heterocycles. The molecule has 7 nitrogen and oxygen atoms in total. The van der Waals surface area contributed by atoms with E-state index in [1.54, 1.807) is 31.4 Å². The molecule has 3 rings (SSSR count). The van der Waals surface area contributed by atoms with E-state index in [4.69, 9.17) is 14.6 Å². The number of methoxy groups -OCH3 is 1. The van der Waals surface area contributed by atoms with Crippen molar-refractivity contribution in [1.82, 2.24) is 0 Å². The third-order valence-electron chi connectivity index (χ3n) is 6.94. The fourth-order valence-electron chi connectivity index (χ4n) is 5.15. The summed E-state index contributed by atoms with van der Waals surface area (Å²) in [5.41, 5.74) is 3.64. The summed E-state index contributed by atoms with van der Waals surface area (Å²) in [5, 5.41) is 15.3. The van der Waals surface area contributed by atoms with Crippen LogP contribution in [0.25, 0.3) is 0 Å². The number of benzene rings is 2. The number of hydrogen-bond donors (Lipinski definition) is 3. The summed E-state index contributed by atoms with van der Waals surface area (Å²) >= 11 is 0. The van der Waals surface area contributed by atoms with E-state index in [1.807, 2.05) is 19.1 Å². The second kappa shape index (κ2) is 12.1. The zero-order valence-corrected chi connectivity index (χ0v) is 21.4. The second-order valence-electron chi connectivity index (χ2n) is 9.85. The molecule has 0 bridgehead atoms. The number of hydrogen-bond acceptors (Lipinski definition) is 5. The van der Waals surface area contributed by atoms with Crippen molar-refractivity contribution in [3.8, 4) is 5.75 Å². The number of carbonyl (C=O) groups is 2. The number of carboxylic acid groups (broad SMARTS) is 1. The quantitative estimate of drug-likeness (QED) is 0.400. The standard InChI is InChI=1S/C28H38N2O5/c1-17(2)27-18(3)7-6-8-24(27)35-16-26(31)30-23-13-19(4)22(14-25(23)34-5)29-15-20-9-11-21(12-10-20)28(32)33/h9-14,17-18,24,27,29H,6-8,15-16H2,1-5H3,(H,30,31)(H,32,33). The molecule has 0 heterocycles. The molecule has 190 valence electrons. The Morgan fingerprint density at radius 2 is 1.83 bits per heavy atom. The van der Waals surface area contributed by atoms with Gasteiger partial charge in [-0.15, -0.1) is 0 Å². The third-order valence-corrected chi connectivity index (χ3v) is 6.94. The number of rotatable bonds is 10. The molecule has 3 N–H and O–H groups in total. The van der Waals surface area contributed by atoms with Crippen LogP contribution in [0.5, 0.6) is 5.75 Å². The van der Waals surface area contributed by atoms with Crippen LogP contribution in [0, 0.1) is 24.7 Å². The van der Waals surface area contributed by atoms with Crippen molar-refractivity contribution in [2.45, 2.75) is 59.6 Å². The lowest BCUT2D eigenvalue weighted by Gasteiger charge is -2.38. The molecule has 35 heavy (non-hydrogen) atoms. The van der Waals surface area contributed by atoms with Crippen LogP contribution in [0.1, 0.15) is 61.5 Å². The lowest BCUT2D eigenvalue weighted by atomic mass is 9.72. The maximum Gasteiger partial charge on any atom is 0.335 e. The van der Waals surface area contributed by atoms with Gasteiger partial charge in [-0.25, -0.2) is 4.79 Å². The Balaban J connectivity index is 1.61. The van der Waals surface area contributed by atoms with Gasteiger partial charge in [0.2, 0.25) is 5.91 Å². The van der Waals surface area contributed by atoms with Crippen LogP contribution in [-0.2, 0) is 16.1 Å². The predicted octanol–water partition coefficient (Wildman–Crippen LogP) is 5.73. The minimum absolute atomic E-state index is 0.0230. The average Bonchev–Trinajstić information content (AvgIpc) is 2.82. The van der Waals surface area contributed by atoms with Crippen molar-refractivity contribution in [2.75, 3.05) is 24.4 Å². The molecule has 1 aliphatic rings. The van der Waals surface area contributed by atoms with Crippen molar-refractivity contribution in [3.05, 3.63) is 53.1 Å². The highest BCUT2D eigenvalue weighted by Crippen LogP contribution is 2.37. The number of aryl methyl sites for hydroxylation is 1. The van der Waals surface area contributed by atoms with Crippen molar-refractivity contribution in [2.24, 2.45) is 17.8 Å². The fourth-order valence-corrected chi connectivity index (χ4v) is 5.15. The first-order valence-electron chi connectivity index (χ1n) is 12.4. The summed E-state index contributed by atoms with van der Waals surface area (Å²) in [6.07, 6.45) is 3.48. The number of anilines is 2. The number of aromatic carboxylic acids is 1. The smallest absolute Gasteiger partial charge is 0.335 e. The van der Waals surface area contributed by atoms with Gasteiger partial charge in [0.25, 0.3) is 0 Å². The summed E-state index contributed by atoms with van der Waals surface area (Å²) in [5.74, 6) is 1.02. The lowest BCUT2D eigenvalue weighted by molar-refractivity contribution is -0.126.